The molecule has 2 aliphatic heterocycles. The van der Waals surface area contributed by atoms with Gasteiger partial charge in [-0.1, -0.05) is 11.6 Å². The van der Waals surface area contributed by atoms with Gasteiger partial charge in [0.25, 0.3) is 11.8 Å². The predicted octanol–water partition coefficient (Wildman–Crippen LogP) is 3.19. The maximum atomic E-state index is 13.0. The fourth-order valence-electron chi connectivity index (χ4n) is 3.30. The van der Waals surface area contributed by atoms with Gasteiger partial charge in [-0.3, -0.25) is 19.8 Å². The molecule has 0 radical (unpaired) electrons. The van der Waals surface area contributed by atoms with Gasteiger partial charge in [0.2, 0.25) is 0 Å². The van der Waals surface area contributed by atoms with Crippen LogP contribution in [0.15, 0.2) is 42.0 Å². The van der Waals surface area contributed by atoms with Crippen molar-refractivity contribution in [2.75, 3.05) is 22.9 Å². The van der Waals surface area contributed by atoms with Crippen molar-refractivity contribution >= 4 is 68.8 Å². The van der Waals surface area contributed by atoms with E-state index in [1.807, 2.05) is 12.1 Å². The molecule has 2 amide bonds. The van der Waals surface area contributed by atoms with Crippen LogP contribution in [0.1, 0.15) is 17.7 Å². The van der Waals surface area contributed by atoms with Gasteiger partial charge < -0.3 is 10.0 Å². The summed E-state index contributed by atoms with van der Waals surface area (Å²) in [5.74, 6) is -0.988. The summed E-state index contributed by atoms with van der Waals surface area (Å²) >= 11 is 12.6. The van der Waals surface area contributed by atoms with Crippen molar-refractivity contribution in [1.82, 2.24) is 5.32 Å². The van der Waals surface area contributed by atoms with Gasteiger partial charge in [-0.2, -0.15) is 0 Å². The first-order valence-electron chi connectivity index (χ1n) is 9.12. The van der Waals surface area contributed by atoms with E-state index in [-0.39, 0.29) is 16.8 Å². The third-order valence-electron chi connectivity index (χ3n) is 4.86. The Morgan fingerprint density at radius 3 is 2.52 bits per heavy atom. The highest BCUT2D eigenvalue weighted by molar-refractivity contribution is 7.80. The van der Waals surface area contributed by atoms with E-state index in [0.717, 1.165) is 35.8 Å². The van der Waals surface area contributed by atoms with E-state index in [0.29, 0.717) is 10.7 Å². The number of carbonyl (C=O) groups excluding carboxylic acids is 2. The molecule has 9 heteroatoms. The second-order valence-corrected chi connectivity index (χ2v) is 8.75. The molecule has 2 saturated heterocycles. The number of benzene rings is 1. The molecule has 0 bridgehead atoms. The molecule has 0 saturated carbocycles. The maximum Gasteiger partial charge on any atom is 0.270 e. The number of thiophene rings is 1. The van der Waals surface area contributed by atoms with Crippen LogP contribution in [0.25, 0.3) is 6.08 Å². The van der Waals surface area contributed by atoms with Gasteiger partial charge in [0.15, 0.2) is 5.11 Å². The molecule has 3 heterocycles. The summed E-state index contributed by atoms with van der Waals surface area (Å²) in [4.78, 5) is 29.7. The molecule has 1 aromatic heterocycles. The fraction of sp³-hybridized carbons (Fsp3) is 0.250. The lowest BCUT2D eigenvalue weighted by Crippen LogP contribution is -2.54. The monoisotopic (exact) mass is 447 g/mol. The number of piperidine rings is 1. The number of anilines is 2. The quantitative estimate of drug-likeness (QED) is 0.429. The molecule has 0 atom stereocenters. The maximum absolute atomic E-state index is 13.0. The zero-order valence-corrected chi connectivity index (χ0v) is 17.7. The molecule has 2 N–H and O–H groups in total. The molecule has 2 aliphatic rings. The summed E-state index contributed by atoms with van der Waals surface area (Å²) in [5.41, 5.74) is 0.560. The van der Waals surface area contributed by atoms with Crippen molar-refractivity contribution < 1.29 is 14.7 Å². The van der Waals surface area contributed by atoms with Gasteiger partial charge in [-0.05, 0) is 67.5 Å². The Bertz CT molecular complexity index is 995. The van der Waals surface area contributed by atoms with Crippen molar-refractivity contribution in [2.24, 2.45) is 0 Å². The Morgan fingerprint density at radius 2 is 1.83 bits per heavy atom. The lowest BCUT2D eigenvalue weighted by Gasteiger charge is -2.30. The SMILES string of the molecule is O=C1NC(=S)N(c2ccc(Cl)cc2)C(=O)/C1=C/c1ccc(N2CCC(O)CC2)s1. The number of rotatable bonds is 3. The summed E-state index contributed by atoms with van der Waals surface area (Å²) in [5, 5.41) is 13.9. The third-order valence-corrected chi connectivity index (χ3v) is 6.49. The molecule has 2 fully saturated rings. The van der Waals surface area contributed by atoms with Crippen LogP contribution in [0, 0.1) is 0 Å². The minimum Gasteiger partial charge on any atom is -0.393 e. The van der Waals surface area contributed by atoms with Crippen molar-refractivity contribution in [3.63, 3.8) is 0 Å². The van der Waals surface area contributed by atoms with Crippen molar-refractivity contribution in [1.29, 1.82) is 0 Å². The van der Waals surface area contributed by atoms with Crippen LogP contribution in [0.4, 0.5) is 10.7 Å². The number of nitrogens with one attached hydrogen (secondary N) is 1. The molecule has 2 aromatic rings. The molecule has 0 aliphatic carbocycles. The van der Waals surface area contributed by atoms with E-state index in [2.05, 4.69) is 10.2 Å². The van der Waals surface area contributed by atoms with E-state index in [9.17, 15) is 14.7 Å². The highest BCUT2D eigenvalue weighted by Crippen LogP contribution is 2.31. The first-order chi connectivity index (χ1) is 13.9. The Balaban J connectivity index is 1.59. The van der Waals surface area contributed by atoms with Gasteiger partial charge in [0.1, 0.15) is 5.57 Å². The molecule has 0 unspecified atom stereocenters. The van der Waals surface area contributed by atoms with Crippen molar-refractivity contribution in [2.45, 2.75) is 18.9 Å². The standard InChI is InChI=1S/C20H18ClN3O3S2/c21-12-1-3-13(4-2-12)24-19(27)16(18(26)22-20(24)28)11-15-5-6-17(29-15)23-9-7-14(25)8-10-23/h1-6,11,14,25H,7-10H2,(H,22,26,28)/b16-11+. The molecule has 4 rings (SSSR count). The Morgan fingerprint density at radius 1 is 1.14 bits per heavy atom. The predicted molar refractivity (Wildman–Crippen MR) is 119 cm³/mol. The highest BCUT2D eigenvalue weighted by atomic mass is 35.5. The zero-order chi connectivity index (χ0) is 20.5. The Kier molecular flexibility index (Phi) is 5.69. The molecule has 1 aromatic carbocycles. The second kappa shape index (κ2) is 8.23. The molecular weight excluding hydrogens is 430 g/mol. The number of amides is 2. The number of nitrogens with zero attached hydrogens (tertiary/aromatic N) is 2. The van der Waals surface area contributed by atoms with Gasteiger partial charge in [0, 0.05) is 23.0 Å². The lowest BCUT2D eigenvalue weighted by atomic mass is 10.1. The molecule has 6 nitrogen and oxygen atoms in total. The number of halogens is 1. The Labute approximate surface area is 182 Å². The summed E-state index contributed by atoms with van der Waals surface area (Å²) < 4.78 is 0. The van der Waals surface area contributed by atoms with E-state index >= 15 is 0 Å². The molecule has 29 heavy (non-hydrogen) atoms. The molecule has 0 spiro atoms. The minimum atomic E-state index is -0.513. The number of hydrogen-bond acceptors (Lipinski definition) is 6. The largest absolute Gasteiger partial charge is 0.393 e. The van der Waals surface area contributed by atoms with Crippen LogP contribution in [0.2, 0.25) is 5.02 Å². The van der Waals surface area contributed by atoms with Crippen LogP contribution >= 0.6 is 35.2 Å². The first kappa shape index (κ1) is 20.0. The summed E-state index contributed by atoms with van der Waals surface area (Å²) in [6.07, 6.45) is 2.83. The summed E-state index contributed by atoms with van der Waals surface area (Å²) in [6, 6.07) is 10.5. The van der Waals surface area contributed by atoms with Gasteiger partial charge in [-0.25, -0.2) is 0 Å². The second-order valence-electron chi connectivity index (χ2n) is 6.83. The minimum absolute atomic E-state index is 0.0241. The van der Waals surface area contributed by atoms with Gasteiger partial charge >= 0.3 is 0 Å². The fourth-order valence-corrected chi connectivity index (χ4v) is 4.71. The average molecular weight is 448 g/mol. The normalized spacial score (nSPS) is 19.8. The van der Waals surface area contributed by atoms with Crippen LogP contribution in [-0.2, 0) is 9.59 Å². The molecular formula is C20H18ClN3O3S2. The number of thiocarbonyl (C=S) groups is 1. The smallest absolute Gasteiger partial charge is 0.270 e. The average Bonchev–Trinajstić information content (AvgIpc) is 3.16. The first-order valence-corrected chi connectivity index (χ1v) is 10.7. The molecule has 150 valence electrons. The van der Waals surface area contributed by atoms with Crippen LogP contribution < -0.4 is 15.1 Å². The number of hydrogen-bond donors (Lipinski definition) is 2. The third kappa shape index (κ3) is 4.20. The van der Waals surface area contributed by atoms with Crippen molar-refractivity contribution in [3.05, 3.63) is 51.9 Å². The highest BCUT2D eigenvalue weighted by Gasteiger charge is 2.34. The Hall–Kier alpha value is -2.26. The lowest BCUT2D eigenvalue weighted by molar-refractivity contribution is -0.122. The summed E-state index contributed by atoms with van der Waals surface area (Å²) in [7, 11) is 0. The van der Waals surface area contributed by atoms with Gasteiger partial charge in [0.05, 0.1) is 16.8 Å². The van der Waals surface area contributed by atoms with E-state index in [4.69, 9.17) is 23.8 Å². The topological polar surface area (TPSA) is 72.9 Å². The van der Waals surface area contributed by atoms with Crippen LogP contribution in [0.5, 0.6) is 0 Å². The van der Waals surface area contributed by atoms with Crippen LogP contribution in [0.3, 0.4) is 0 Å². The van der Waals surface area contributed by atoms with Crippen molar-refractivity contribution in [3.8, 4) is 0 Å². The zero-order valence-electron chi connectivity index (χ0n) is 15.3. The van der Waals surface area contributed by atoms with Gasteiger partial charge in [-0.15, -0.1) is 11.3 Å². The number of aliphatic hydroxyl groups is 1. The van der Waals surface area contributed by atoms with E-state index in [1.165, 1.54) is 16.2 Å². The van der Waals surface area contributed by atoms with E-state index < -0.39 is 11.8 Å². The van der Waals surface area contributed by atoms with Crippen LogP contribution in [-0.4, -0.2) is 41.2 Å². The summed E-state index contributed by atoms with van der Waals surface area (Å²) in [6.45, 7) is 1.57. The number of aliphatic hydroxyl groups excluding tert-OH is 1. The van der Waals surface area contributed by atoms with E-state index in [1.54, 1.807) is 30.3 Å². The number of carbonyl (C=O) groups is 2.